The second-order valence-electron chi connectivity index (χ2n) is 8.19. The van der Waals surface area contributed by atoms with Gasteiger partial charge in [0.1, 0.15) is 0 Å². The average Bonchev–Trinajstić information content (AvgIpc) is 3.16. The molecule has 0 saturated heterocycles. The number of fused-ring (bicyclic) bond motifs is 3. The number of carbonyl (C=O) groups is 2. The maximum absolute atomic E-state index is 13.1. The van der Waals surface area contributed by atoms with Crippen LogP contribution in [0, 0.1) is 5.92 Å². The summed E-state index contributed by atoms with van der Waals surface area (Å²) in [4.78, 5) is 29.5. The van der Waals surface area contributed by atoms with Crippen LogP contribution in [0.5, 0.6) is 0 Å². The Morgan fingerprint density at radius 2 is 1.77 bits per heavy atom. The van der Waals surface area contributed by atoms with Crippen molar-refractivity contribution in [2.45, 2.75) is 31.9 Å². The Morgan fingerprint density at radius 1 is 1.00 bits per heavy atom. The van der Waals surface area contributed by atoms with Crippen LogP contribution in [0.3, 0.4) is 0 Å². The van der Waals surface area contributed by atoms with Crippen LogP contribution in [0.2, 0.25) is 0 Å². The summed E-state index contributed by atoms with van der Waals surface area (Å²) in [6, 6.07) is 16.4. The molecule has 1 atom stereocenters. The molecule has 2 heterocycles. The maximum atomic E-state index is 13.1. The fraction of sp³-hybridized carbons (Fsp3) is 0.231. The molecule has 0 saturated carbocycles. The Bertz CT molecular complexity index is 1190. The van der Waals surface area contributed by atoms with Crippen LogP contribution in [0.1, 0.15) is 50.1 Å². The van der Waals surface area contributed by atoms with Gasteiger partial charge in [-0.2, -0.15) is 0 Å². The van der Waals surface area contributed by atoms with E-state index in [1.165, 1.54) is 27.3 Å². The van der Waals surface area contributed by atoms with Crippen molar-refractivity contribution >= 4 is 46.6 Å². The lowest BCUT2D eigenvalue weighted by Gasteiger charge is -2.20. The van der Waals surface area contributed by atoms with E-state index < -0.39 is 0 Å². The van der Waals surface area contributed by atoms with Crippen molar-refractivity contribution in [3.05, 3.63) is 91.5 Å². The molecular formula is C26H23NO2S2. The summed E-state index contributed by atoms with van der Waals surface area (Å²) in [6.07, 6.45) is 5.60. The van der Waals surface area contributed by atoms with Crippen molar-refractivity contribution in [2.24, 2.45) is 5.92 Å². The summed E-state index contributed by atoms with van der Waals surface area (Å²) in [7, 11) is 0. The number of nitrogens with one attached hydrogen (secondary N) is 1. The molecule has 156 valence electrons. The number of carbonyl (C=O) groups excluding carboxylic acids is 2. The van der Waals surface area contributed by atoms with Gasteiger partial charge in [0, 0.05) is 26.6 Å². The zero-order valence-corrected chi connectivity index (χ0v) is 18.9. The van der Waals surface area contributed by atoms with E-state index in [2.05, 4.69) is 12.2 Å². The quantitative estimate of drug-likeness (QED) is 0.477. The largest absolute Gasteiger partial charge is 0.321 e. The summed E-state index contributed by atoms with van der Waals surface area (Å²) in [5, 5.41) is 2.99. The highest BCUT2D eigenvalue weighted by Crippen LogP contribution is 2.43. The summed E-state index contributed by atoms with van der Waals surface area (Å²) >= 11 is 3.44. The molecule has 0 radical (unpaired) electrons. The Labute approximate surface area is 190 Å². The van der Waals surface area contributed by atoms with E-state index in [4.69, 9.17) is 0 Å². The SMILES string of the molecule is CC1CCc2c(sc3c2CSC(C(=O)Nc2ccccc2C(=O)c2ccccc2)=C3)C1. The molecule has 1 N–H and O–H groups in total. The lowest BCUT2D eigenvalue weighted by Crippen LogP contribution is -2.17. The number of ketones is 1. The van der Waals surface area contributed by atoms with E-state index >= 15 is 0 Å². The molecule has 5 heteroatoms. The number of para-hydroxylation sites is 1. The maximum Gasteiger partial charge on any atom is 0.262 e. The second kappa shape index (κ2) is 8.48. The van der Waals surface area contributed by atoms with Gasteiger partial charge in [-0.05, 0) is 54.5 Å². The van der Waals surface area contributed by atoms with E-state index in [0.717, 1.165) is 24.5 Å². The van der Waals surface area contributed by atoms with Crippen molar-refractivity contribution in [2.75, 3.05) is 5.32 Å². The molecule has 2 aromatic carbocycles. The molecule has 1 aromatic heterocycles. The van der Waals surface area contributed by atoms with E-state index in [1.807, 2.05) is 47.7 Å². The Balaban J connectivity index is 1.39. The van der Waals surface area contributed by atoms with Gasteiger partial charge in [0.2, 0.25) is 0 Å². The number of amides is 1. The molecule has 1 unspecified atom stereocenters. The highest BCUT2D eigenvalue weighted by molar-refractivity contribution is 8.03. The first-order valence-electron chi connectivity index (χ1n) is 10.6. The molecule has 0 fully saturated rings. The van der Waals surface area contributed by atoms with Crippen LogP contribution in [-0.2, 0) is 23.4 Å². The summed E-state index contributed by atoms with van der Waals surface area (Å²) in [5.74, 6) is 1.35. The summed E-state index contributed by atoms with van der Waals surface area (Å²) < 4.78 is 0. The molecule has 2 aliphatic rings. The number of anilines is 1. The third-order valence-corrected chi connectivity index (χ3v) is 8.26. The van der Waals surface area contributed by atoms with Gasteiger partial charge in [0.15, 0.2) is 5.78 Å². The third kappa shape index (κ3) is 4.00. The number of thioether (sulfide) groups is 1. The van der Waals surface area contributed by atoms with Crippen molar-refractivity contribution in [3.8, 4) is 0 Å². The van der Waals surface area contributed by atoms with Gasteiger partial charge in [-0.3, -0.25) is 9.59 Å². The Morgan fingerprint density at radius 3 is 2.61 bits per heavy atom. The minimum absolute atomic E-state index is 0.0934. The molecule has 3 aromatic rings. The van der Waals surface area contributed by atoms with E-state index in [1.54, 1.807) is 36.0 Å². The van der Waals surface area contributed by atoms with Crippen LogP contribution in [0.15, 0.2) is 59.5 Å². The molecule has 1 amide bonds. The molecule has 5 rings (SSSR count). The van der Waals surface area contributed by atoms with E-state index in [-0.39, 0.29) is 11.7 Å². The standard InChI is InChI=1S/C26H23NO2S2/c1-16-11-12-18-20-15-30-24(14-23(20)31-22(18)13-16)26(29)27-21-10-6-5-9-19(21)25(28)17-7-3-2-4-8-17/h2-10,14,16H,11-13,15H2,1H3,(H,27,29). The molecular weight excluding hydrogens is 422 g/mol. The monoisotopic (exact) mass is 445 g/mol. The Hall–Kier alpha value is -2.63. The number of thiophene rings is 1. The Kier molecular flexibility index (Phi) is 5.55. The average molecular weight is 446 g/mol. The highest BCUT2D eigenvalue weighted by Gasteiger charge is 2.27. The fourth-order valence-corrected chi connectivity index (χ4v) is 6.93. The van der Waals surface area contributed by atoms with Crippen LogP contribution in [0.25, 0.3) is 6.08 Å². The molecule has 1 aliphatic heterocycles. The number of rotatable bonds is 4. The minimum Gasteiger partial charge on any atom is -0.321 e. The molecule has 0 bridgehead atoms. The number of hydrogen-bond donors (Lipinski definition) is 1. The molecule has 1 aliphatic carbocycles. The highest BCUT2D eigenvalue weighted by atomic mass is 32.2. The predicted molar refractivity (Wildman–Crippen MR) is 130 cm³/mol. The lowest BCUT2D eigenvalue weighted by molar-refractivity contribution is -0.112. The zero-order chi connectivity index (χ0) is 21.4. The fourth-order valence-electron chi connectivity index (χ4n) is 4.27. The van der Waals surface area contributed by atoms with Gasteiger partial charge >= 0.3 is 0 Å². The van der Waals surface area contributed by atoms with Gasteiger partial charge in [-0.15, -0.1) is 23.1 Å². The van der Waals surface area contributed by atoms with Crippen LogP contribution in [-0.4, -0.2) is 11.7 Å². The molecule has 31 heavy (non-hydrogen) atoms. The lowest BCUT2D eigenvalue weighted by atomic mass is 9.88. The second-order valence-corrected chi connectivity index (χ2v) is 10.3. The van der Waals surface area contributed by atoms with Crippen molar-refractivity contribution in [3.63, 3.8) is 0 Å². The van der Waals surface area contributed by atoms with E-state index in [9.17, 15) is 9.59 Å². The summed E-state index contributed by atoms with van der Waals surface area (Å²) in [6.45, 7) is 2.32. The van der Waals surface area contributed by atoms with Gasteiger partial charge < -0.3 is 5.32 Å². The van der Waals surface area contributed by atoms with Crippen molar-refractivity contribution in [1.29, 1.82) is 0 Å². The first kappa shape index (κ1) is 20.3. The normalized spacial score (nSPS) is 17.3. The number of hydrogen-bond acceptors (Lipinski definition) is 4. The van der Waals surface area contributed by atoms with Crippen molar-refractivity contribution < 1.29 is 9.59 Å². The van der Waals surface area contributed by atoms with Crippen LogP contribution in [0.4, 0.5) is 5.69 Å². The first-order valence-corrected chi connectivity index (χ1v) is 12.4. The summed E-state index contributed by atoms with van der Waals surface area (Å²) in [5.41, 5.74) is 4.62. The number of benzene rings is 2. The van der Waals surface area contributed by atoms with E-state index in [0.29, 0.717) is 21.7 Å². The van der Waals surface area contributed by atoms with Gasteiger partial charge in [0.25, 0.3) is 5.91 Å². The molecule has 0 spiro atoms. The van der Waals surface area contributed by atoms with Gasteiger partial charge in [-0.1, -0.05) is 49.4 Å². The van der Waals surface area contributed by atoms with Crippen molar-refractivity contribution in [1.82, 2.24) is 0 Å². The third-order valence-electron chi connectivity index (χ3n) is 5.97. The minimum atomic E-state index is -0.149. The first-order chi connectivity index (χ1) is 15.1. The smallest absolute Gasteiger partial charge is 0.262 e. The van der Waals surface area contributed by atoms with Crippen LogP contribution < -0.4 is 5.32 Å². The zero-order valence-electron chi connectivity index (χ0n) is 17.3. The topological polar surface area (TPSA) is 46.2 Å². The van der Waals surface area contributed by atoms with Crippen LogP contribution >= 0.6 is 23.1 Å². The van der Waals surface area contributed by atoms with Gasteiger partial charge in [-0.25, -0.2) is 0 Å². The molecule has 3 nitrogen and oxygen atoms in total. The van der Waals surface area contributed by atoms with Gasteiger partial charge in [0.05, 0.1) is 10.6 Å². The predicted octanol–water partition coefficient (Wildman–Crippen LogP) is 6.33.